The molecule has 0 radical (unpaired) electrons. The summed E-state index contributed by atoms with van der Waals surface area (Å²) in [6, 6.07) is 8.77. The molecule has 1 aromatic rings. The highest BCUT2D eigenvalue weighted by atomic mass is 14.9. The predicted molar refractivity (Wildman–Crippen MR) is 95.3 cm³/mol. The molecule has 1 rings (SSSR count). The Morgan fingerprint density at radius 2 is 1.71 bits per heavy atom. The van der Waals surface area contributed by atoms with Crippen molar-refractivity contribution in [2.75, 3.05) is 6.54 Å². The van der Waals surface area contributed by atoms with Gasteiger partial charge in [-0.2, -0.15) is 0 Å². The number of nitrogens with one attached hydrogen (secondary N) is 1. The number of rotatable bonds is 10. The SMILES string of the molecule is C=C(CCC)Cc1ccc(C(=C)CCCNC(=C)C)cc1. The normalized spacial score (nSPS) is 10.2. The summed E-state index contributed by atoms with van der Waals surface area (Å²) in [5, 5.41) is 3.25. The molecule has 0 saturated carbocycles. The van der Waals surface area contributed by atoms with Crippen LogP contribution in [0.4, 0.5) is 0 Å². The van der Waals surface area contributed by atoms with E-state index in [-0.39, 0.29) is 0 Å². The number of benzene rings is 1. The molecule has 0 fully saturated rings. The van der Waals surface area contributed by atoms with Crippen molar-refractivity contribution in [3.63, 3.8) is 0 Å². The largest absolute Gasteiger partial charge is 0.389 e. The smallest absolute Gasteiger partial charge is 0.0146 e. The Kier molecular flexibility index (Phi) is 7.60. The first-order valence-electron chi connectivity index (χ1n) is 7.86. The molecule has 0 unspecified atom stereocenters. The average Bonchev–Trinajstić information content (AvgIpc) is 2.44. The van der Waals surface area contributed by atoms with Crippen LogP contribution >= 0.6 is 0 Å². The maximum Gasteiger partial charge on any atom is 0.0146 e. The van der Waals surface area contributed by atoms with Crippen LogP contribution in [0.1, 0.15) is 50.7 Å². The summed E-state index contributed by atoms with van der Waals surface area (Å²) in [7, 11) is 0. The van der Waals surface area contributed by atoms with Gasteiger partial charge in [-0.25, -0.2) is 0 Å². The highest BCUT2D eigenvalue weighted by molar-refractivity contribution is 5.63. The zero-order valence-electron chi connectivity index (χ0n) is 13.7. The molecule has 1 nitrogen and oxygen atoms in total. The second-order valence-electron chi connectivity index (χ2n) is 5.79. The van der Waals surface area contributed by atoms with E-state index in [0.717, 1.165) is 37.9 Å². The second-order valence-corrected chi connectivity index (χ2v) is 5.79. The Morgan fingerprint density at radius 3 is 2.29 bits per heavy atom. The lowest BCUT2D eigenvalue weighted by Crippen LogP contribution is -2.11. The maximum absolute atomic E-state index is 4.19. The fourth-order valence-electron chi connectivity index (χ4n) is 2.34. The van der Waals surface area contributed by atoms with Crippen molar-refractivity contribution >= 4 is 5.57 Å². The highest BCUT2D eigenvalue weighted by Crippen LogP contribution is 2.19. The fraction of sp³-hybridized carbons (Fsp3) is 0.400. The molecule has 0 aromatic heterocycles. The van der Waals surface area contributed by atoms with E-state index in [0.29, 0.717) is 0 Å². The molecule has 0 aliphatic carbocycles. The summed E-state index contributed by atoms with van der Waals surface area (Å²) in [4.78, 5) is 0. The lowest BCUT2D eigenvalue weighted by molar-refractivity contribution is 0.742. The fourth-order valence-corrected chi connectivity index (χ4v) is 2.34. The molecule has 1 heteroatoms. The van der Waals surface area contributed by atoms with Gasteiger partial charge in [0.05, 0.1) is 0 Å². The van der Waals surface area contributed by atoms with Crippen LogP contribution in [0.3, 0.4) is 0 Å². The molecule has 114 valence electrons. The molecule has 0 saturated heterocycles. The Balaban J connectivity index is 2.44. The van der Waals surface area contributed by atoms with Gasteiger partial charge in [0.25, 0.3) is 0 Å². The van der Waals surface area contributed by atoms with Gasteiger partial charge in [0.15, 0.2) is 0 Å². The van der Waals surface area contributed by atoms with Crippen molar-refractivity contribution in [2.24, 2.45) is 0 Å². The van der Waals surface area contributed by atoms with Crippen LogP contribution in [0, 0.1) is 0 Å². The molecule has 0 bridgehead atoms. The van der Waals surface area contributed by atoms with Crippen molar-refractivity contribution in [1.29, 1.82) is 0 Å². The molecule has 21 heavy (non-hydrogen) atoms. The first-order valence-corrected chi connectivity index (χ1v) is 7.86. The van der Waals surface area contributed by atoms with Crippen LogP contribution in [0.2, 0.25) is 0 Å². The number of hydrogen-bond donors (Lipinski definition) is 1. The van der Waals surface area contributed by atoms with Crippen molar-refractivity contribution in [2.45, 2.75) is 46.0 Å². The summed E-state index contributed by atoms with van der Waals surface area (Å²) >= 11 is 0. The molecule has 0 amide bonds. The quantitative estimate of drug-likeness (QED) is 0.441. The molecule has 1 aromatic carbocycles. The third kappa shape index (κ3) is 6.99. The molecular formula is C20H29N. The minimum atomic E-state index is 0.962. The Morgan fingerprint density at radius 1 is 1.05 bits per heavy atom. The van der Waals surface area contributed by atoms with Gasteiger partial charge in [-0.3, -0.25) is 0 Å². The maximum atomic E-state index is 4.19. The zero-order valence-corrected chi connectivity index (χ0v) is 13.7. The molecule has 0 spiro atoms. The summed E-state index contributed by atoms with van der Waals surface area (Å²) < 4.78 is 0. The average molecular weight is 283 g/mol. The number of hydrogen-bond acceptors (Lipinski definition) is 1. The first-order chi connectivity index (χ1) is 10.0. The van der Waals surface area contributed by atoms with Crippen molar-refractivity contribution < 1.29 is 0 Å². The summed E-state index contributed by atoms with van der Waals surface area (Å²) in [6.07, 6.45) is 5.38. The van der Waals surface area contributed by atoms with Gasteiger partial charge < -0.3 is 5.32 Å². The summed E-state index contributed by atoms with van der Waals surface area (Å²) in [6.45, 7) is 17.3. The van der Waals surface area contributed by atoms with E-state index in [2.05, 4.69) is 56.2 Å². The molecular weight excluding hydrogens is 254 g/mol. The monoisotopic (exact) mass is 283 g/mol. The van der Waals surface area contributed by atoms with Crippen molar-refractivity contribution in [3.05, 3.63) is 66.4 Å². The van der Waals surface area contributed by atoms with Crippen LogP contribution in [-0.4, -0.2) is 6.54 Å². The van der Waals surface area contributed by atoms with Crippen LogP contribution in [0.5, 0.6) is 0 Å². The van der Waals surface area contributed by atoms with E-state index in [1.807, 2.05) is 6.92 Å². The van der Waals surface area contributed by atoms with E-state index in [4.69, 9.17) is 0 Å². The van der Waals surface area contributed by atoms with Crippen molar-refractivity contribution in [3.8, 4) is 0 Å². The van der Waals surface area contributed by atoms with Gasteiger partial charge in [0.2, 0.25) is 0 Å². The molecule has 1 N–H and O–H groups in total. The topological polar surface area (TPSA) is 12.0 Å². The van der Waals surface area contributed by atoms with E-state index in [9.17, 15) is 0 Å². The Bertz CT molecular complexity index is 479. The van der Waals surface area contributed by atoms with Gasteiger partial charge in [-0.15, -0.1) is 0 Å². The van der Waals surface area contributed by atoms with Crippen LogP contribution < -0.4 is 5.32 Å². The summed E-state index contributed by atoms with van der Waals surface area (Å²) in [5.41, 5.74) is 6.13. The molecule has 0 atom stereocenters. The second kappa shape index (κ2) is 9.23. The lowest BCUT2D eigenvalue weighted by Gasteiger charge is -2.09. The van der Waals surface area contributed by atoms with Gasteiger partial charge in [0.1, 0.15) is 0 Å². The summed E-state index contributed by atoms with van der Waals surface area (Å²) in [5.74, 6) is 0. The Hall–Kier alpha value is -1.76. The third-order valence-corrected chi connectivity index (χ3v) is 3.50. The standard InChI is InChI=1S/C20H29N/c1-6-8-17(4)15-19-10-12-20(13-11-19)18(5)9-7-14-21-16(2)3/h10-13,21H,2,4-9,14-15H2,1,3H3. The molecule has 0 heterocycles. The van der Waals surface area contributed by atoms with E-state index in [1.54, 1.807) is 0 Å². The Labute approximate surface area is 130 Å². The van der Waals surface area contributed by atoms with Gasteiger partial charge >= 0.3 is 0 Å². The molecule has 0 aliphatic heterocycles. The van der Waals surface area contributed by atoms with Gasteiger partial charge in [-0.05, 0) is 49.3 Å². The van der Waals surface area contributed by atoms with Crippen molar-refractivity contribution in [1.82, 2.24) is 5.32 Å². The van der Waals surface area contributed by atoms with E-state index in [1.165, 1.54) is 28.7 Å². The van der Waals surface area contributed by atoms with E-state index < -0.39 is 0 Å². The first kappa shape index (κ1) is 17.3. The minimum absolute atomic E-state index is 0.962. The lowest BCUT2D eigenvalue weighted by atomic mass is 9.98. The van der Waals surface area contributed by atoms with Crippen LogP contribution in [0.15, 0.2) is 55.3 Å². The van der Waals surface area contributed by atoms with Crippen LogP contribution in [0.25, 0.3) is 5.57 Å². The molecule has 0 aliphatic rings. The zero-order chi connectivity index (χ0) is 15.7. The van der Waals surface area contributed by atoms with E-state index >= 15 is 0 Å². The van der Waals surface area contributed by atoms with Crippen LogP contribution in [-0.2, 0) is 6.42 Å². The minimum Gasteiger partial charge on any atom is -0.389 e. The predicted octanol–water partition coefficient (Wildman–Crippen LogP) is 5.50. The number of allylic oxidation sites excluding steroid dienone is 3. The van der Waals surface area contributed by atoms with Gasteiger partial charge in [-0.1, -0.05) is 62.9 Å². The van der Waals surface area contributed by atoms with Gasteiger partial charge in [0, 0.05) is 12.2 Å². The highest BCUT2D eigenvalue weighted by Gasteiger charge is 2.01. The third-order valence-electron chi connectivity index (χ3n) is 3.50.